The average Bonchev–Trinajstić information content (AvgIpc) is 1.76. The van der Waals surface area contributed by atoms with Crippen LogP contribution in [0.3, 0.4) is 0 Å². The van der Waals surface area contributed by atoms with Crippen LogP contribution in [-0.2, 0) is 77.9 Å². The van der Waals surface area contributed by atoms with Crippen LogP contribution in [0.1, 0.15) is 160 Å². The Labute approximate surface area is 574 Å². The number of nitrogens with one attached hydrogen (secondary N) is 4. The maximum atomic E-state index is 15.3. The van der Waals surface area contributed by atoms with Gasteiger partial charge in [0, 0.05) is 67.2 Å². The molecule has 0 radical (unpaired) electrons. The number of halogens is 7. The molecule has 1 spiro atoms. The Morgan fingerprint density at radius 3 is 1.81 bits per heavy atom. The summed E-state index contributed by atoms with van der Waals surface area (Å²) in [6, 6.07) is -4.10. The van der Waals surface area contributed by atoms with E-state index in [0.29, 0.717) is 32.1 Å². The molecule has 3 saturated heterocycles. The molecule has 4 N–H and O–H groups in total. The third-order valence-electron chi connectivity index (χ3n) is 20.6. The Morgan fingerprint density at radius 1 is 0.612 bits per heavy atom. The highest BCUT2D eigenvalue weighted by atomic mass is 35.5. The molecule has 2 saturated carbocycles. The van der Waals surface area contributed by atoms with Crippen LogP contribution in [0.2, 0.25) is 5.02 Å². The minimum absolute atomic E-state index is 0.0108. The topological polar surface area (TPSA) is 259 Å². The molecule has 0 bridgehead atoms. The van der Waals surface area contributed by atoms with Gasteiger partial charge < -0.3 is 55.6 Å². The van der Waals surface area contributed by atoms with E-state index in [-0.39, 0.29) is 93.8 Å². The second-order valence-corrected chi connectivity index (χ2v) is 28.4. The van der Waals surface area contributed by atoms with Crippen molar-refractivity contribution in [3.63, 3.8) is 0 Å². The molecular weight excluding hydrogens is 1310 g/mol. The average molecular weight is 1410 g/mol. The van der Waals surface area contributed by atoms with Gasteiger partial charge in [-0.25, -0.2) is 0 Å². The number of fused-ring (bicyclic) bond motifs is 2. The van der Waals surface area contributed by atoms with E-state index in [4.69, 9.17) is 11.6 Å². The number of hydrogen-bond acceptors (Lipinski definition) is 11. The molecule has 2 aromatic carbocycles. The van der Waals surface area contributed by atoms with Crippen molar-refractivity contribution in [3.05, 3.63) is 69.7 Å². The molecule has 0 unspecified atom stereocenters. The first-order chi connectivity index (χ1) is 45.9. The predicted octanol–water partition coefficient (Wildman–Crippen LogP) is 6.52. The van der Waals surface area contributed by atoms with E-state index in [9.17, 15) is 69.5 Å². The third-order valence-corrected chi connectivity index (χ3v) is 20.9. The van der Waals surface area contributed by atoms with Crippen LogP contribution in [0.15, 0.2) is 42.5 Å². The smallest absolute Gasteiger partial charge is 0.351 e. The molecule has 2 aromatic rings. The Hall–Kier alpha value is -7.52. The molecule has 0 aromatic heterocycles. The van der Waals surface area contributed by atoms with Crippen LogP contribution in [0, 0.1) is 17.8 Å². The van der Waals surface area contributed by atoms with Crippen molar-refractivity contribution in [3.8, 4) is 0 Å². The minimum Gasteiger partial charge on any atom is -0.351 e. The Morgan fingerprint density at radius 2 is 1.23 bits per heavy atom. The Bertz CT molecular complexity index is 3270. The zero-order chi connectivity index (χ0) is 72.6. The minimum atomic E-state index is -4.80. The van der Waals surface area contributed by atoms with Crippen LogP contribution in [0.25, 0.3) is 0 Å². The van der Waals surface area contributed by atoms with E-state index < -0.39 is 172 Å². The monoisotopic (exact) mass is 1400 g/mol. The molecule has 2 aliphatic carbocycles. The molecule has 10 atom stereocenters. The highest BCUT2D eigenvalue weighted by Crippen LogP contribution is 2.38. The van der Waals surface area contributed by atoms with Crippen LogP contribution in [0.5, 0.6) is 0 Å². The summed E-state index contributed by atoms with van der Waals surface area (Å²) in [5, 5.41) is 10.9. The van der Waals surface area contributed by atoms with Gasteiger partial charge in [-0.3, -0.25) is 52.7 Å². The lowest BCUT2D eigenvalue weighted by Crippen LogP contribution is -2.65. The molecule has 7 rings (SSSR count). The molecule has 5 fully saturated rings. The molecule has 5 aliphatic rings. The van der Waals surface area contributed by atoms with Gasteiger partial charge in [-0.15, -0.1) is 0 Å². The van der Waals surface area contributed by atoms with Gasteiger partial charge >= 0.3 is 12.4 Å². The first kappa shape index (κ1) is 77.8. The van der Waals surface area contributed by atoms with Crippen molar-refractivity contribution in [1.29, 1.82) is 0 Å². The van der Waals surface area contributed by atoms with Gasteiger partial charge in [0.25, 0.3) is 0 Å². The Balaban J connectivity index is 1.27. The quantitative estimate of drug-likeness (QED) is 0.186. The zero-order valence-corrected chi connectivity index (χ0v) is 58.6. The molecule has 98 heavy (non-hydrogen) atoms. The second kappa shape index (κ2) is 32.6. The van der Waals surface area contributed by atoms with Crippen molar-refractivity contribution in [2.24, 2.45) is 17.8 Å². The standard InChI is InChI=1S/C69H96ClF6N11O11/c1-12-40(4)56-65(97)82(8)42(6)61(93)87-33-29-51(87)64(96)84(10)53(37-44-21-25-46(26-22-44)68(71,72)73)63(95)81(7)38-54(88)78-49(28-24-43-23-27-47(48(70)36-43)69(74,75)76)62(94)86-32-17-20-50(86)59(91)80-67(30-15-16-31-67)66(98)85(11)57(45-18-13-14-19-45)60(92)77-41(5)35-55(89)83(9)52(34-39(2)3)58(90)79-56/h21-23,25-27,36,39-42,45,49-53,56-57H,12-20,24,28-35,37-38H2,1-11H3,(H,77,92)(H,78,88)(H,79,90)(H,80,91)/t40-,41+,42-,49-,50-,51-,52-,53-,56-,57-/m0/s1. The first-order valence-electron chi connectivity index (χ1n) is 34.1. The summed E-state index contributed by atoms with van der Waals surface area (Å²) in [4.78, 5) is 171. The van der Waals surface area contributed by atoms with Crippen molar-refractivity contribution >= 4 is 76.6 Å². The molecule has 22 nitrogen and oxygen atoms in total. The fourth-order valence-corrected chi connectivity index (χ4v) is 14.6. The van der Waals surface area contributed by atoms with Gasteiger partial charge in [0.2, 0.25) is 65.0 Å². The number of alkyl halides is 6. The van der Waals surface area contributed by atoms with Crippen molar-refractivity contribution < 1.29 is 79.1 Å². The molecule has 3 aliphatic heterocycles. The lowest BCUT2D eigenvalue weighted by Gasteiger charge is -2.45. The Kier molecular flexibility index (Phi) is 25.9. The summed E-state index contributed by atoms with van der Waals surface area (Å²) >= 11 is 6.11. The van der Waals surface area contributed by atoms with E-state index in [2.05, 4.69) is 21.3 Å². The molecule has 542 valence electrons. The fourth-order valence-electron chi connectivity index (χ4n) is 14.3. The second-order valence-electron chi connectivity index (χ2n) is 28.0. The molecule has 29 heteroatoms. The van der Waals surface area contributed by atoms with Gasteiger partial charge in [-0.05, 0) is 131 Å². The molecular formula is C69H96ClF6N11O11. The summed E-state index contributed by atoms with van der Waals surface area (Å²) in [6.45, 7) is 9.56. The highest BCUT2D eigenvalue weighted by Gasteiger charge is 2.51. The number of carbonyl (C=O) groups excluding carboxylic acids is 11. The van der Waals surface area contributed by atoms with Crippen LogP contribution in [-0.4, -0.2) is 214 Å². The van der Waals surface area contributed by atoms with Gasteiger partial charge in [-0.2, -0.15) is 26.3 Å². The van der Waals surface area contributed by atoms with E-state index in [1.807, 2.05) is 20.8 Å². The number of aryl methyl sites for hydroxylation is 1. The molecule has 3 heterocycles. The van der Waals surface area contributed by atoms with E-state index in [0.717, 1.165) is 70.0 Å². The van der Waals surface area contributed by atoms with Crippen molar-refractivity contribution in [2.75, 3.05) is 54.9 Å². The van der Waals surface area contributed by atoms with E-state index >= 15 is 9.59 Å². The van der Waals surface area contributed by atoms with Gasteiger partial charge in [0.15, 0.2) is 0 Å². The SMILES string of the molecule is CC[C@H](C)[C@@H]1NC(=O)[C@H](CC(C)C)N(C)C(=O)C[C@@H](C)NC(=O)[C@H](C2CCCC2)N(C)C(=O)C2(CCCC2)NC(=O)[C@@H]2CCCN2C(=O)[C@H](CCc2ccc(C(F)(F)F)c(Cl)c2)NC(=O)CN(C)C(=O)[C@H](Cc2ccc(C(F)(F)F)cc2)N(C)C(=O)[C@@H]2CCN2C(=O)[C@H](C)N(C)C1=O. The largest absolute Gasteiger partial charge is 0.417 e. The number of carbonyl (C=O) groups is 11. The van der Waals surface area contributed by atoms with Gasteiger partial charge in [-0.1, -0.05) is 89.6 Å². The number of rotatable bonds is 10. The predicted molar refractivity (Wildman–Crippen MR) is 351 cm³/mol. The van der Waals surface area contributed by atoms with E-state index in [1.165, 1.54) is 61.8 Å². The summed E-state index contributed by atoms with van der Waals surface area (Å²) in [5.41, 5.74) is -3.24. The maximum Gasteiger partial charge on any atom is 0.417 e. The van der Waals surface area contributed by atoms with Crippen molar-refractivity contribution in [1.82, 2.24) is 55.6 Å². The number of likely N-dealkylation sites (N-methyl/N-ethyl adjacent to an activating group) is 5. The number of hydrogen-bond donors (Lipinski definition) is 4. The summed E-state index contributed by atoms with van der Waals surface area (Å²) in [5.74, 6) is -8.65. The lowest BCUT2D eigenvalue weighted by atomic mass is 9.90. The summed E-state index contributed by atoms with van der Waals surface area (Å²) in [7, 11) is 6.81. The number of amides is 11. The van der Waals surface area contributed by atoms with Gasteiger partial charge in [0.05, 0.1) is 22.7 Å². The zero-order valence-electron chi connectivity index (χ0n) is 57.9. The lowest BCUT2D eigenvalue weighted by molar-refractivity contribution is -0.160. The number of nitrogens with zero attached hydrogens (tertiary/aromatic N) is 7. The molecule has 11 amide bonds. The van der Waals surface area contributed by atoms with Crippen LogP contribution >= 0.6 is 11.6 Å². The number of benzene rings is 2. The normalized spacial score (nSPS) is 27.1. The van der Waals surface area contributed by atoms with Gasteiger partial charge in [0.1, 0.15) is 53.9 Å². The van der Waals surface area contributed by atoms with Crippen molar-refractivity contribution in [2.45, 2.75) is 223 Å². The van der Waals surface area contributed by atoms with Crippen LogP contribution < -0.4 is 21.3 Å². The summed E-state index contributed by atoms with van der Waals surface area (Å²) < 4.78 is 82.9. The highest BCUT2D eigenvalue weighted by molar-refractivity contribution is 6.31. The maximum absolute atomic E-state index is 15.3. The van der Waals surface area contributed by atoms with Crippen LogP contribution in [0.4, 0.5) is 26.3 Å². The fraction of sp³-hybridized carbons (Fsp3) is 0.667. The first-order valence-corrected chi connectivity index (χ1v) is 34.4. The van der Waals surface area contributed by atoms with E-state index in [1.54, 1.807) is 13.8 Å². The third kappa shape index (κ3) is 18.3. The summed E-state index contributed by atoms with van der Waals surface area (Å²) in [6.07, 6.45) is -5.45.